The number of anilines is 1. The second-order valence-corrected chi connectivity index (χ2v) is 5.35. The van der Waals surface area contributed by atoms with Crippen molar-refractivity contribution < 1.29 is 9.59 Å². The van der Waals surface area contributed by atoms with Gasteiger partial charge in [0.15, 0.2) is 0 Å². The Morgan fingerprint density at radius 1 is 1.52 bits per heavy atom. The normalized spacial score (nSPS) is 15.8. The average Bonchev–Trinajstić information content (AvgIpc) is 2.91. The highest BCUT2D eigenvalue weighted by Gasteiger charge is 2.22. The summed E-state index contributed by atoms with van der Waals surface area (Å²) in [5.74, 6) is -0.247. The van der Waals surface area contributed by atoms with Crippen LogP contribution in [0.25, 0.3) is 0 Å². The largest absolute Gasteiger partial charge is 0.350 e. The Kier molecular flexibility index (Phi) is 5.03. The van der Waals surface area contributed by atoms with Gasteiger partial charge in [-0.1, -0.05) is 11.6 Å². The molecule has 1 aromatic carbocycles. The highest BCUT2D eigenvalue weighted by atomic mass is 35.5. The minimum atomic E-state index is -0.247. The summed E-state index contributed by atoms with van der Waals surface area (Å²) in [4.78, 5) is 25.4. The molecule has 2 rings (SSSR count). The van der Waals surface area contributed by atoms with Gasteiger partial charge >= 0.3 is 6.03 Å². The van der Waals surface area contributed by atoms with Crippen LogP contribution in [-0.2, 0) is 0 Å². The Hall–Kier alpha value is -1.79. The third kappa shape index (κ3) is 3.65. The van der Waals surface area contributed by atoms with Gasteiger partial charge in [0.25, 0.3) is 5.91 Å². The van der Waals surface area contributed by atoms with Crippen LogP contribution in [-0.4, -0.2) is 44.7 Å². The van der Waals surface area contributed by atoms with E-state index in [-0.39, 0.29) is 18.0 Å². The van der Waals surface area contributed by atoms with Gasteiger partial charge in [0.05, 0.1) is 10.6 Å². The Balaban J connectivity index is 2.15. The van der Waals surface area contributed by atoms with Crippen LogP contribution in [0.4, 0.5) is 10.5 Å². The van der Waals surface area contributed by atoms with Gasteiger partial charge in [-0.3, -0.25) is 9.69 Å². The number of carbonyl (C=O) groups is 2. The summed E-state index contributed by atoms with van der Waals surface area (Å²) in [5, 5.41) is 8.95. The molecule has 0 aliphatic carbocycles. The molecule has 1 heterocycles. The number of benzene rings is 1. The Morgan fingerprint density at radius 2 is 2.29 bits per heavy atom. The summed E-state index contributed by atoms with van der Waals surface area (Å²) in [6.45, 7) is 3.65. The minimum Gasteiger partial charge on any atom is -0.350 e. The number of hydrogen-bond acceptors (Lipinski definition) is 3. The first-order valence-corrected chi connectivity index (χ1v) is 7.21. The van der Waals surface area contributed by atoms with E-state index < -0.39 is 0 Å². The zero-order chi connectivity index (χ0) is 15.4. The number of hydrogen-bond donors (Lipinski definition) is 3. The van der Waals surface area contributed by atoms with Crippen molar-refractivity contribution in [1.82, 2.24) is 16.0 Å². The van der Waals surface area contributed by atoms with Crippen LogP contribution in [0.1, 0.15) is 17.3 Å². The molecule has 1 aliphatic heterocycles. The van der Waals surface area contributed by atoms with Crippen LogP contribution < -0.4 is 20.9 Å². The predicted molar refractivity (Wildman–Crippen MR) is 83.1 cm³/mol. The van der Waals surface area contributed by atoms with Crippen LogP contribution >= 0.6 is 11.6 Å². The Bertz CT molecular complexity index is 550. The molecular weight excluding hydrogens is 292 g/mol. The molecule has 6 nitrogen and oxygen atoms in total. The van der Waals surface area contributed by atoms with Gasteiger partial charge in [0.2, 0.25) is 0 Å². The fourth-order valence-corrected chi connectivity index (χ4v) is 2.22. The highest BCUT2D eigenvalue weighted by Crippen LogP contribution is 2.24. The fraction of sp³-hybridized carbons (Fsp3) is 0.429. The fourth-order valence-electron chi connectivity index (χ4n) is 2.02. The molecule has 1 saturated heterocycles. The zero-order valence-corrected chi connectivity index (χ0v) is 12.8. The molecular formula is C14H19ClN4O2. The zero-order valence-electron chi connectivity index (χ0n) is 12.1. The molecule has 0 spiro atoms. The molecule has 21 heavy (non-hydrogen) atoms. The highest BCUT2D eigenvalue weighted by molar-refractivity contribution is 6.34. The van der Waals surface area contributed by atoms with Crippen molar-refractivity contribution in [2.24, 2.45) is 0 Å². The van der Waals surface area contributed by atoms with E-state index in [9.17, 15) is 9.59 Å². The summed E-state index contributed by atoms with van der Waals surface area (Å²) in [6, 6.07) is 5.03. The van der Waals surface area contributed by atoms with E-state index in [1.165, 1.54) is 0 Å². The van der Waals surface area contributed by atoms with E-state index in [1.54, 1.807) is 23.1 Å². The molecule has 114 valence electrons. The molecule has 1 atom stereocenters. The van der Waals surface area contributed by atoms with Crippen molar-refractivity contribution in [3.05, 3.63) is 28.8 Å². The van der Waals surface area contributed by atoms with Crippen molar-refractivity contribution in [2.45, 2.75) is 13.0 Å². The van der Waals surface area contributed by atoms with Crippen LogP contribution in [0, 0.1) is 0 Å². The van der Waals surface area contributed by atoms with Crippen LogP contribution in [0.5, 0.6) is 0 Å². The molecule has 1 aromatic rings. The van der Waals surface area contributed by atoms with Gasteiger partial charge in [-0.05, 0) is 32.2 Å². The van der Waals surface area contributed by atoms with E-state index >= 15 is 0 Å². The number of nitrogens with zero attached hydrogens (tertiary/aromatic N) is 1. The van der Waals surface area contributed by atoms with E-state index in [2.05, 4.69) is 16.0 Å². The first-order valence-electron chi connectivity index (χ1n) is 6.83. The van der Waals surface area contributed by atoms with Crippen molar-refractivity contribution in [1.29, 1.82) is 0 Å². The number of rotatable bonds is 5. The van der Waals surface area contributed by atoms with Gasteiger partial charge in [-0.2, -0.15) is 0 Å². The third-order valence-electron chi connectivity index (χ3n) is 3.42. The smallest absolute Gasteiger partial charge is 0.321 e. The summed E-state index contributed by atoms with van der Waals surface area (Å²) < 4.78 is 0. The minimum absolute atomic E-state index is 0.160. The molecule has 0 saturated carbocycles. The molecule has 3 N–H and O–H groups in total. The average molecular weight is 311 g/mol. The first kappa shape index (κ1) is 15.6. The quantitative estimate of drug-likeness (QED) is 0.765. The van der Waals surface area contributed by atoms with E-state index in [0.29, 0.717) is 35.9 Å². The summed E-state index contributed by atoms with van der Waals surface area (Å²) in [5.41, 5.74) is 1.04. The van der Waals surface area contributed by atoms with Crippen LogP contribution in [0.15, 0.2) is 18.2 Å². The van der Waals surface area contributed by atoms with Crippen molar-refractivity contribution in [2.75, 3.05) is 31.6 Å². The van der Waals surface area contributed by atoms with Crippen molar-refractivity contribution >= 4 is 29.2 Å². The summed E-state index contributed by atoms with van der Waals surface area (Å²) >= 11 is 6.09. The number of nitrogens with one attached hydrogen (secondary N) is 3. The number of carbonyl (C=O) groups excluding carboxylic acids is 2. The van der Waals surface area contributed by atoms with Crippen LogP contribution in [0.3, 0.4) is 0 Å². The monoisotopic (exact) mass is 310 g/mol. The second-order valence-electron chi connectivity index (χ2n) is 4.95. The van der Waals surface area contributed by atoms with E-state index in [1.807, 2.05) is 14.0 Å². The van der Waals surface area contributed by atoms with Gasteiger partial charge in [0.1, 0.15) is 0 Å². The van der Waals surface area contributed by atoms with E-state index in [4.69, 9.17) is 11.6 Å². The molecule has 3 amide bonds. The predicted octanol–water partition coefficient (Wildman–Crippen LogP) is 1.21. The topological polar surface area (TPSA) is 73.5 Å². The first-order chi connectivity index (χ1) is 10.0. The number of likely N-dealkylation sites (N-methyl/N-ethyl adjacent to an activating group) is 1. The molecule has 0 bridgehead atoms. The summed E-state index contributed by atoms with van der Waals surface area (Å²) in [6.07, 6.45) is 0. The number of urea groups is 1. The van der Waals surface area contributed by atoms with Gasteiger partial charge < -0.3 is 16.0 Å². The van der Waals surface area contributed by atoms with E-state index in [0.717, 1.165) is 0 Å². The lowest BCUT2D eigenvalue weighted by Gasteiger charge is -2.16. The van der Waals surface area contributed by atoms with Crippen molar-refractivity contribution in [3.8, 4) is 0 Å². The second kappa shape index (κ2) is 6.78. The molecule has 1 unspecified atom stereocenters. The maximum Gasteiger partial charge on any atom is 0.321 e. The van der Waals surface area contributed by atoms with Crippen LogP contribution in [0.2, 0.25) is 5.02 Å². The molecule has 1 fully saturated rings. The molecule has 0 aromatic heterocycles. The lowest BCUT2D eigenvalue weighted by Crippen LogP contribution is -2.37. The SMILES string of the molecule is CNC(C)CNC(=O)c1cc(N2CCNC2=O)ccc1Cl. The van der Waals surface area contributed by atoms with Gasteiger partial charge in [-0.15, -0.1) is 0 Å². The summed E-state index contributed by atoms with van der Waals surface area (Å²) in [7, 11) is 1.83. The maximum absolute atomic E-state index is 12.2. The third-order valence-corrected chi connectivity index (χ3v) is 3.75. The number of amides is 3. The van der Waals surface area contributed by atoms with Gasteiger partial charge in [0, 0.05) is 31.4 Å². The molecule has 7 heteroatoms. The maximum atomic E-state index is 12.2. The Morgan fingerprint density at radius 3 is 2.90 bits per heavy atom. The molecule has 0 radical (unpaired) electrons. The lowest BCUT2D eigenvalue weighted by atomic mass is 10.1. The lowest BCUT2D eigenvalue weighted by molar-refractivity contribution is 0.0950. The van der Waals surface area contributed by atoms with Crippen molar-refractivity contribution in [3.63, 3.8) is 0 Å². The standard InChI is InChI=1S/C14H19ClN4O2/c1-9(16-2)8-18-13(20)11-7-10(3-4-12(11)15)19-6-5-17-14(19)21/h3-4,7,9,16H,5-6,8H2,1-2H3,(H,17,21)(H,18,20). The number of halogens is 1. The Labute approximate surface area is 128 Å². The van der Waals surface area contributed by atoms with Gasteiger partial charge in [-0.25, -0.2) is 4.79 Å². The molecule has 1 aliphatic rings.